The molecule has 0 spiro atoms. The van der Waals surface area contributed by atoms with Crippen LogP contribution >= 0.6 is 0 Å². The molecule has 30 heavy (non-hydrogen) atoms. The molecule has 3 aromatic rings. The summed E-state index contributed by atoms with van der Waals surface area (Å²) in [6, 6.07) is 15.9. The quantitative estimate of drug-likeness (QED) is 0.636. The Morgan fingerprint density at radius 3 is 2.43 bits per heavy atom. The molecule has 0 radical (unpaired) electrons. The Labute approximate surface area is 174 Å². The first-order valence-corrected chi connectivity index (χ1v) is 9.61. The summed E-state index contributed by atoms with van der Waals surface area (Å²) < 4.78 is 6.18. The van der Waals surface area contributed by atoms with E-state index < -0.39 is 11.5 Å². The minimum Gasteiger partial charge on any atom is -0.461 e. The van der Waals surface area contributed by atoms with E-state index in [-0.39, 0.29) is 30.3 Å². The molecule has 0 bridgehead atoms. The smallest absolute Gasteiger partial charge is 0.360 e. The van der Waals surface area contributed by atoms with Gasteiger partial charge in [-0.25, -0.2) is 4.79 Å². The van der Waals surface area contributed by atoms with Gasteiger partial charge in [0.2, 0.25) is 5.91 Å². The van der Waals surface area contributed by atoms with Gasteiger partial charge in [-0.2, -0.15) is 9.78 Å². The van der Waals surface area contributed by atoms with E-state index >= 15 is 0 Å². The standard InChI is InChI=1S/C23H23N3O4/c1-4-30-23(29)22-19(24-20(27)13-17-7-5-6-16(3)12-17)14-21(28)26(25-22)18-10-8-15(2)9-11-18/h5-12,14H,4,13H2,1-3H3,(H,24,27). The zero-order chi connectivity index (χ0) is 21.7. The second-order valence-corrected chi connectivity index (χ2v) is 6.93. The number of carbonyl (C=O) groups excluding carboxylic acids is 2. The maximum Gasteiger partial charge on any atom is 0.360 e. The minimum absolute atomic E-state index is 0.0273. The lowest BCUT2D eigenvalue weighted by atomic mass is 10.1. The van der Waals surface area contributed by atoms with Crippen LogP contribution in [-0.2, 0) is 16.0 Å². The minimum atomic E-state index is -0.718. The summed E-state index contributed by atoms with van der Waals surface area (Å²) in [5, 5.41) is 6.81. The molecule has 154 valence electrons. The van der Waals surface area contributed by atoms with E-state index in [0.29, 0.717) is 5.69 Å². The fraction of sp³-hybridized carbons (Fsp3) is 0.217. The van der Waals surface area contributed by atoms with Crippen LogP contribution in [0.3, 0.4) is 0 Å². The number of rotatable bonds is 6. The van der Waals surface area contributed by atoms with Crippen molar-refractivity contribution < 1.29 is 14.3 Å². The van der Waals surface area contributed by atoms with E-state index in [1.54, 1.807) is 19.1 Å². The van der Waals surface area contributed by atoms with Crippen molar-refractivity contribution in [1.82, 2.24) is 9.78 Å². The molecule has 0 aliphatic heterocycles. The van der Waals surface area contributed by atoms with Gasteiger partial charge in [-0.05, 0) is 38.5 Å². The summed E-state index contributed by atoms with van der Waals surface area (Å²) in [5.74, 6) is -1.08. The Bertz CT molecular complexity index is 1130. The first-order chi connectivity index (χ1) is 14.4. The van der Waals surface area contributed by atoms with Crippen LogP contribution in [0.5, 0.6) is 0 Å². The molecule has 2 aromatic carbocycles. The third kappa shape index (κ3) is 5.00. The summed E-state index contributed by atoms with van der Waals surface area (Å²) in [7, 11) is 0. The van der Waals surface area contributed by atoms with E-state index in [1.807, 2.05) is 50.2 Å². The molecule has 1 heterocycles. The molecule has 0 atom stereocenters. The molecular formula is C23H23N3O4. The number of aromatic nitrogens is 2. The molecule has 0 unspecified atom stereocenters. The maximum atomic E-state index is 12.6. The molecule has 0 saturated carbocycles. The van der Waals surface area contributed by atoms with Crippen molar-refractivity contribution in [2.24, 2.45) is 0 Å². The van der Waals surface area contributed by atoms with Crippen molar-refractivity contribution in [2.75, 3.05) is 11.9 Å². The van der Waals surface area contributed by atoms with Crippen LogP contribution < -0.4 is 10.9 Å². The number of ether oxygens (including phenoxy) is 1. The fourth-order valence-electron chi connectivity index (χ4n) is 2.97. The number of carbonyl (C=O) groups is 2. The molecule has 7 nitrogen and oxygen atoms in total. The Morgan fingerprint density at radius 1 is 1.03 bits per heavy atom. The van der Waals surface area contributed by atoms with Crippen molar-refractivity contribution >= 4 is 17.6 Å². The highest BCUT2D eigenvalue weighted by molar-refractivity contribution is 6.00. The highest BCUT2D eigenvalue weighted by Gasteiger charge is 2.20. The van der Waals surface area contributed by atoms with Crippen LogP contribution in [0.4, 0.5) is 5.69 Å². The van der Waals surface area contributed by atoms with Crippen LogP contribution in [0.1, 0.15) is 34.1 Å². The van der Waals surface area contributed by atoms with Crippen molar-refractivity contribution in [2.45, 2.75) is 27.2 Å². The van der Waals surface area contributed by atoms with Crippen molar-refractivity contribution in [3.63, 3.8) is 0 Å². The van der Waals surface area contributed by atoms with Gasteiger partial charge in [0.25, 0.3) is 5.56 Å². The van der Waals surface area contributed by atoms with Gasteiger partial charge in [-0.15, -0.1) is 0 Å². The van der Waals surface area contributed by atoms with Crippen LogP contribution in [0, 0.1) is 13.8 Å². The number of hydrogen-bond donors (Lipinski definition) is 1. The Balaban J connectivity index is 1.95. The molecule has 1 amide bonds. The third-order valence-corrected chi connectivity index (χ3v) is 4.40. The van der Waals surface area contributed by atoms with Gasteiger partial charge in [-0.1, -0.05) is 47.5 Å². The third-order valence-electron chi connectivity index (χ3n) is 4.40. The Morgan fingerprint density at radius 2 is 1.77 bits per heavy atom. The number of nitrogens with one attached hydrogen (secondary N) is 1. The lowest BCUT2D eigenvalue weighted by Crippen LogP contribution is -2.27. The molecule has 0 fully saturated rings. The largest absolute Gasteiger partial charge is 0.461 e. The predicted molar refractivity (Wildman–Crippen MR) is 114 cm³/mol. The summed E-state index contributed by atoms with van der Waals surface area (Å²) in [6.07, 6.45) is 0.102. The predicted octanol–water partition coefficient (Wildman–Crippen LogP) is 3.21. The Hall–Kier alpha value is -3.74. The topological polar surface area (TPSA) is 90.3 Å². The number of benzene rings is 2. The average molecular weight is 405 g/mol. The van der Waals surface area contributed by atoms with Crippen LogP contribution in [0.15, 0.2) is 59.4 Å². The summed E-state index contributed by atoms with van der Waals surface area (Å²) >= 11 is 0. The van der Waals surface area contributed by atoms with Gasteiger partial charge < -0.3 is 10.1 Å². The number of amides is 1. The molecule has 0 saturated heterocycles. The first kappa shape index (κ1) is 21.0. The number of anilines is 1. The zero-order valence-corrected chi connectivity index (χ0v) is 17.1. The molecule has 0 aliphatic rings. The zero-order valence-electron chi connectivity index (χ0n) is 17.1. The summed E-state index contributed by atoms with van der Waals surface area (Å²) in [4.78, 5) is 37.6. The van der Waals surface area contributed by atoms with Gasteiger partial charge in [-0.3, -0.25) is 9.59 Å². The Kier molecular flexibility index (Phi) is 6.41. The number of aryl methyl sites for hydroxylation is 2. The fourth-order valence-corrected chi connectivity index (χ4v) is 2.97. The SMILES string of the molecule is CCOC(=O)c1nn(-c2ccc(C)cc2)c(=O)cc1NC(=O)Cc1cccc(C)c1. The molecule has 0 aliphatic carbocycles. The highest BCUT2D eigenvalue weighted by Crippen LogP contribution is 2.15. The molecule has 1 aromatic heterocycles. The van der Waals surface area contributed by atoms with Gasteiger partial charge in [0.05, 0.1) is 24.4 Å². The van der Waals surface area contributed by atoms with Crippen molar-refractivity contribution in [3.8, 4) is 5.69 Å². The van der Waals surface area contributed by atoms with Gasteiger partial charge in [0.15, 0.2) is 5.69 Å². The van der Waals surface area contributed by atoms with Crippen LogP contribution in [0.25, 0.3) is 5.69 Å². The first-order valence-electron chi connectivity index (χ1n) is 9.61. The maximum absolute atomic E-state index is 12.6. The van der Waals surface area contributed by atoms with E-state index in [9.17, 15) is 14.4 Å². The highest BCUT2D eigenvalue weighted by atomic mass is 16.5. The van der Waals surface area contributed by atoms with E-state index in [1.165, 1.54) is 6.07 Å². The van der Waals surface area contributed by atoms with Crippen LogP contribution in [-0.4, -0.2) is 28.3 Å². The normalized spacial score (nSPS) is 10.5. The second kappa shape index (κ2) is 9.17. The average Bonchev–Trinajstić information content (AvgIpc) is 2.69. The molecule has 1 N–H and O–H groups in total. The van der Waals surface area contributed by atoms with E-state index in [0.717, 1.165) is 21.4 Å². The monoisotopic (exact) mass is 405 g/mol. The number of hydrogen-bond acceptors (Lipinski definition) is 5. The second-order valence-electron chi connectivity index (χ2n) is 6.93. The summed E-state index contributed by atoms with van der Waals surface area (Å²) in [5.41, 5.74) is 2.82. The lowest BCUT2D eigenvalue weighted by molar-refractivity contribution is -0.115. The van der Waals surface area contributed by atoms with Gasteiger partial charge in [0.1, 0.15) is 0 Å². The van der Waals surface area contributed by atoms with E-state index in [2.05, 4.69) is 10.4 Å². The molecular weight excluding hydrogens is 382 g/mol. The number of nitrogens with zero attached hydrogens (tertiary/aromatic N) is 2. The van der Waals surface area contributed by atoms with Crippen molar-refractivity contribution in [1.29, 1.82) is 0 Å². The lowest BCUT2D eigenvalue weighted by Gasteiger charge is -2.12. The molecule has 3 rings (SSSR count). The van der Waals surface area contributed by atoms with Gasteiger partial charge >= 0.3 is 5.97 Å². The van der Waals surface area contributed by atoms with E-state index in [4.69, 9.17) is 4.74 Å². The number of esters is 1. The van der Waals surface area contributed by atoms with Gasteiger partial charge in [0, 0.05) is 6.07 Å². The molecule has 7 heteroatoms. The van der Waals surface area contributed by atoms with Crippen LogP contribution in [0.2, 0.25) is 0 Å². The van der Waals surface area contributed by atoms with Crippen molar-refractivity contribution in [3.05, 3.63) is 87.3 Å². The summed E-state index contributed by atoms with van der Waals surface area (Å²) in [6.45, 7) is 5.68.